The number of rotatable bonds is 4. The predicted molar refractivity (Wildman–Crippen MR) is 85.6 cm³/mol. The minimum Gasteiger partial charge on any atom is -0.308 e. The van der Waals surface area contributed by atoms with Crippen LogP contribution in [0.4, 0.5) is 0 Å². The number of thiophene rings is 1. The molecular formula is C15H23BrN2S. The van der Waals surface area contributed by atoms with Gasteiger partial charge in [0.25, 0.3) is 0 Å². The van der Waals surface area contributed by atoms with Crippen LogP contribution in [0.5, 0.6) is 0 Å². The van der Waals surface area contributed by atoms with Gasteiger partial charge >= 0.3 is 0 Å². The third kappa shape index (κ3) is 2.92. The van der Waals surface area contributed by atoms with Gasteiger partial charge in [0.2, 0.25) is 0 Å². The van der Waals surface area contributed by atoms with E-state index >= 15 is 0 Å². The Morgan fingerprint density at radius 1 is 1.53 bits per heavy atom. The average molecular weight is 343 g/mol. The molecule has 1 aliphatic heterocycles. The summed E-state index contributed by atoms with van der Waals surface area (Å²) in [6.45, 7) is 8.17. The van der Waals surface area contributed by atoms with Crippen LogP contribution >= 0.6 is 27.3 Å². The first-order chi connectivity index (χ1) is 9.12. The minimum absolute atomic E-state index is 0.343. The Morgan fingerprint density at radius 2 is 2.32 bits per heavy atom. The van der Waals surface area contributed by atoms with Crippen LogP contribution in [0.2, 0.25) is 0 Å². The molecule has 1 N–H and O–H groups in total. The topological polar surface area (TPSA) is 15.3 Å². The van der Waals surface area contributed by atoms with Crippen LogP contribution in [0.15, 0.2) is 15.9 Å². The molecule has 19 heavy (non-hydrogen) atoms. The molecule has 0 spiro atoms. The van der Waals surface area contributed by atoms with E-state index in [0.717, 1.165) is 19.0 Å². The van der Waals surface area contributed by atoms with E-state index in [1.807, 2.05) is 11.3 Å². The molecule has 106 valence electrons. The fraction of sp³-hybridized carbons (Fsp3) is 0.733. The van der Waals surface area contributed by atoms with Crippen molar-refractivity contribution in [3.8, 4) is 0 Å². The summed E-state index contributed by atoms with van der Waals surface area (Å²) >= 11 is 5.54. The lowest BCUT2D eigenvalue weighted by atomic mass is 9.90. The van der Waals surface area contributed by atoms with Crippen LogP contribution in [0, 0.1) is 5.92 Å². The lowest BCUT2D eigenvalue weighted by Crippen LogP contribution is -2.63. The van der Waals surface area contributed by atoms with Crippen LogP contribution in [0.25, 0.3) is 0 Å². The first kappa shape index (κ1) is 14.1. The van der Waals surface area contributed by atoms with Crippen molar-refractivity contribution in [3.63, 3.8) is 0 Å². The summed E-state index contributed by atoms with van der Waals surface area (Å²) in [4.78, 5) is 4.17. The van der Waals surface area contributed by atoms with Crippen molar-refractivity contribution in [1.82, 2.24) is 10.2 Å². The standard InChI is InChI=1S/C15H23BrN2S/c1-3-12-8-17-15(2,11-4-5-11)10-18(12)9-14-13(16)6-7-19-14/h6-7,11-12,17H,3-5,8-10H2,1-2H3. The van der Waals surface area contributed by atoms with Crippen molar-refractivity contribution < 1.29 is 0 Å². The van der Waals surface area contributed by atoms with Crippen molar-refractivity contribution in [1.29, 1.82) is 0 Å². The second-order valence-electron chi connectivity index (χ2n) is 6.23. The molecule has 2 heterocycles. The first-order valence-corrected chi connectivity index (χ1v) is 9.00. The van der Waals surface area contributed by atoms with Gasteiger partial charge < -0.3 is 5.32 Å². The van der Waals surface area contributed by atoms with Crippen molar-refractivity contribution in [2.45, 2.75) is 51.2 Å². The molecule has 2 unspecified atom stereocenters. The van der Waals surface area contributed by atoms with E-state index in [1.165, 1.54) is 35.2 Å². The molecule has 4 heteroatoms. The van der Waals surface area contributed by atoms with Crippen LogP contribution in [-0.2, 0) is 6.54 Å². The molecule has 1 saturated carbocycles. The van der Waals surface area contributed by atoms with Gasteiger partial charge in [-0.15, -0.1) is 11.3 Å². The minimum atomic E-state index is 0.343. The molecule has 1 saturated heterocycles. The van der Waals surface area contributed by atoms with Gasteiger partial charge in [0.05, 0.1) is 0 Å². The molecule has 2 fully saturated rings. The van der Waals surface area contributed by atoms with E-state index in [-0.39, 0.29) is 0 Å². The van der Waals surface area contributed by atoms with Crippen molar-refractivity contribution in [2.75, 3.05) is 13.1 Å². The number of hydrogen-bond acceptors (Lipinski definition) is 3. The van der Waals surface area contributed by atoms with Gasteiger partial charge in [-0.1, -0.05) is 6.92 Å². The molecule has 3 rings (SSSR count). The number of hydrogen-bond donors (Lipinski definition) is 1. The van der Waals surface area contributed by atoms with Gasteiger partial charge in [-0.2, -0.15) is 0 Å². The Bertz CT molecular complexity index is 443. The van der Waals surface area contributed by atoms with Gasteiger partial charge in [0, 0.05) is 40.6 Å². The van der Waals surface area contributed by atoms with Crippen LogP contribution in [0.3, 0.4) is 0 Å². The monoisotopic (exact) mass is 342 g/mol. The van der Waals surface area contributed by atoms with Crippen molar-refractivity contribution in [3.05, 3.63) is 20.8 Å². The molecule has 2 aliphatic rings. The van der Waals surface area contributed by atoms with Crippen molar-refractivity contribution >= 4 is 27.3 Å². The highest BCUT2D eigenvalue weighted by Gasteiger charge is 2.45. The van der Waals surface area contributed by atoms with Gasteiger partial charge in [0.1, 0.15) is 0 Å². The molecule has 1 aromatic rings. The summed E-state index contributed by atoms with van der Waals surface area (Å²) in [6, 6.07) is 2.85. The van der Waals surface area contributed by atoms with Crippen LogP contribution < -0.4 is 5.32 Å². The normalized spacial score (nSPS) is 32.7. The van der Waals surface area contributed by atoms with E-state index in [0.29, 0.717) is 11.6 Å². The lowest BCUT2D eigenvalue weighted by Gasteiger charge is -2.46. The summed E-state index contributed by atoms with van der Waals surface area (Å²) < 4.78 is 1.28. The summed E-state index contributed by atoms with van der Waals surface area (Å²) in [5, 5.41) is 6.02. The maximum atomic E-state index is 3.83. The fourth-order valence-corrected chi connectivity index (χ4v) is 4.79. The van der Waals surface area contributed by atoms with Crippen LogP contribution in [0.1, 0.15) is 38.0 Å². The zero-order valence-corrected chi connectivity index (χ0v) is 14.2. The molecule has 2 atom stereocenters. The molecule has 0 bridgehead atoms. The highest BCUT2D eigenvalue weighted by atomic mass is 79.9. The van der Waals surface area contributed by atoms with Crippen LogP contribution in [-0.4, -0.2) is 29.6 Å². The Balaban J connectivity index is 1.73. The second kappa shape index (κ2) is 5.47. The maximum absolute atomic E-state index is 3.83. The van der Waals surface area contributed by atoms with E-state index < -0.39 is 0 Å². The van der Waals surface area contributed by atoms with Crippen molar-refractivity contribution in [2.24, 2.45) is 5.92 Å². The number of nitrogens with one attached hydrogen (secondary N) is 1. The maximum Gasteiger partial charge on any atom is 0.0343 e. The SMILES string of the molecule is CCC1CNC(C)(C2CC2)CN1Cc1sccc1Br. The molecular weight excluding hydrogens is 320 g/mol. The van der Waals surface area contributed by atoms with Gasteiger partial charge in [-0.05, 0) is 59.5 Å². The lowest BCUT2D eigenvalue weighted by molar-refractivity contribution is 0.0673. The third-order valence-electron chi connectivity index (χ3n) is 4.78. The molecule has 1 aliphatic carbocycles. The summed E-state index contributed by atoms with van der Waals surface area (Å²) in [6.07, 6.45) is 4.06. The number of piperazine rings is 1. The highest BCUT2D eigenvalue weighted by molar-refractivity contribution is 9.10. The average Bonchev–Trinajstić information content (AvgIpc) is 3.17. The molecule has 0 amide bonds. The molecule has 1 aromatic heterocycles. The van der Waals surface area contributed by atoms with E-state index in [2.05, 4.69) is 51.4 Å². The van der Waals surface area contributed by atoms with E-state index in [9.17, 15) is 0 Å². The number of halogens is 1. The van der Waals surface area contributed by atoms with Gasteiger partial charge in [-0.25, -0.2) is 0 Å². The molecule has 2 nitrogen and oxygen atoms in total. The molecule has 0 aromatic carbocycles. The Labute approximate surface area is 128 Å². The predicted octanol–water partition coefficient (Wildman–Crippen LogP) is 3.86. The largest absolute Gasteiger partial charge is 0.308 e. The highest BCUT2D eigenvalue weighted by Crippen LogP contribution is 2.42. The summed E-state index contributed by atoms with van der Waals surface area (Å²) in [5.41, 5.74) is 0.343. The third-order valence-corrected chi connectivity index (χ3v) is 6.69. The summed E-state index contributed by atoms with van der Waals surface area (Å²) in [7, 11) is 0. The second-order valence-corrected chi connectivity index (χ2v) is 8.09. The smallest absolute Gasteiger partial charge is 0.0343 e. The van der Waals surface area contributed by atoms with E-state index in [4.69, 9.17) is 0 Å². The quantitative estimate of drug-likeness (QED) is 0.893. The summed E-state index contributed by atoms with van der Waals surface area (Å²) in [5.74, 6) is 0.902. The Hall–Kier alpha value is 0.100. The Kier molecular flexibility index (Phi) is 4.05. The first-order valence-electron chi connectivity index (χ1n) is 7.33. The fourth-order valence-electron chi connectivity index (χ4n) is 3.29. The zero-order chi connectivity index (χ0) is 13.5. The van der Waals surface area contributed by atoms with E-state index in [1.54, 1.807) is 0 Å². The molecule has 0 radical (unpaired) electrons. The zero-order valence-electron chi connectivity index (χ0n) is 11.8. The Morgan fingerprint density at radius 3 is 2.89 bits per heavy atom. The number of nitrogens with zero attached hydrogens (tertiary/aromatic N) is 1. The van der Waals surface area contributed by atoms with Gasteiger partial charge in [-0.3, -0.25) is 4.90 Å². The van der Waals surface area contributed by atoms with Gasteiger partial charge in [0.15, 0.2) is 0 Å².